The standard InChI is InChI=1S/C18H15F2N3O2S/c1-23-17(25)15(10-16(24)21-13-7-5-11(19)6-8-13)26-18(23)22-14-4-2-3-12(20)9-14/h2-9,15H,10H2,1H3,(H,21,24). The maximum atomic E-state index is 13.3. The summed E-state index contributed by atoms with van der Waals surface area (Å²) >= 11 is 1.15. The number of amides is 2. The minimum Gasteiger partial charge on any atom is -0.326 e. The summed E-state index contributed by atoms with van der Waals surface area (Å²) in [5, 5.41) is 2.41. The fourth-order valence-electron chi connectivity index (χ4n) is 2.37. The smallest absolute Gasteiger partial charge is 0.242 e. The molecule has 5 nitrogen and oxygen atoms in total. The summed E-state index contributed by atoms with van der Waals surface area (Å²) in [4.78, 5) is 30.1. The lowest BCUT2D eigenvalue weighted by molar-refractivity contribution is -0.127. The van der Waals surface area contributed by atoms with Gasteiger partial charge in [0.25, 0.3) is 0 Å². The molecule has 0 radical (unpaired) electrons. The predicted molar refractivity (Wildman–Crippen MR) is 97.3 cm³/mol. The van der Waals surface area contributed by atoms with Crippen LogP contribution in [0.5, 0.6) is 0 Å². The van der Waals surface area contributed by atoms with Crippen LogP contribution in [0, 0.1) is 11.6 Å². The van der Waals surface area contributed by atoms with Crippen LogP contribution in [-0.4, -0.2) is 34.2 Å². The highest BCUT2D eigenvalue weighted by atomic mass is 32.2. The molecule has 3 rings (SSSR count). The monoisotopic (exact) mass is 375 g/mol. The molecule has 0 aromatic heterocycles. The van der Waals surface area contributed by atoms with E-state index in [-0.39, 0.29) is 18.2 Å². The molecule has 1 heterocycles. The van der Waals surface area contributed by atoms with Crippen LogP contribution in [0.3, 0.4) is 0 Å². The molecule has 8 heteroatoms. The number of anilines is 1. The highest BCUT2D eigenvalue weighted by molar-refractivity contribution is 8.15. The van der Waals surface area contributed by atoms with Crippen molar-refractivity contribution in [2.24, 2.45) is 4.99 Å². The van der Waals surface area contributed by atoms with Gasteiger partial charge in [0, 0.05) is 19.2 Å². The average molecular weight is 375 g/mol. The average Bonchev–Trinajstić information content (AvgIpc) is 2.85. The van der Waals surface area contributed by atoms with Crippen molar-refractivity contribution in [3.05, 3.63) is 60.2 Å². The van der Waals surface area contributed by atoms with E-state index in [0.29, 0.717) is 16.5 Å². The maximum Gasteiger partial charge on any atom is 0.242 e. The van der Waals surface area contributed by atoms with Gasteiger partial charge in [-0.2, -0.15) is 0 Å². The van der Waals surface area contributed by atoms with Gasteiger partial charge in [0.15, 0.2) is 5.17 Å². The Morgan fingerprint density at radius 2 is 1.92 bits per heavy atom. The Labute approximate surface area is 153 Å². The van der Waals surface area contributed by atoms with Gasteiger partial charge in [0.1, 0.15) is 16.9 Å². The Kier molecular flexibility index (Phi) is 5.32. The molecule has 0 aliphatic carbocycles. The first-order valence-corrected chi connectivity index (χ1v) is 8.64. The Morgan fingerprint density at radius 3 is 2.62 bits per heavy atom. The highest BCUT2D eigenvalue weighted by Crippen LogP contribution is 2.30. The van der Waals surface area contributed by atoms with Crippen molar-refractivity contribution in [2.75, 3.05) is 12.4 Å². The van der Waals surface area contributed by atoms with Gasteiger partial charge >= 0.3 is 0 Å². The molecule has 1 saturated heterocycles. The summed E-state index contributed by atoms with van der Waals surface area (Å²) in [5.41, 5.74) is 0.845. The van der Waals surface area contributed by atoms with Gasteiger partial charge in [0.05, 0.1) is 5.69 Å². The number of hydrogen-bond donors (Lipinski definition) is 1. The zero-order valence-electron chi connectivity index (χ0n) is 13.8. The van der Waals surface area contributed by atoms with Gasteiger partial charge in [-0.05, 0) is 42.5 Å². The van der Waals surface area contributed by atoms with Crippen molar-refractivity contribution in [3.63, 3.8) is 0 Å². The normalized spacial score (nSPS) is 18.4. The number of aliphatic imine (C=N–C) groups is 1. The SMILES string of the molecule is CN1C(=O)C(CC(=O)Nc2ccc(F)cc2)SC1=Nc1cccc(F)c1. The minimum absolute atomic E-state index is 0.0482. The van der Waals surface area contributed by atoms with Gasteiger partial charge in [0.2, 0.25) is 11.8 Å². The van der Waals surface area contributed by atoms with Crippen molar-refractivity contribution in [2.45, 2.75) is 11.7 Å². The zero-order valence-corrected chi connectivity index (χ0v) is 14.6. The molecule has 1 aliphatic heterocycles. The number of carbonyl (C=O) groups is 2. The van der Waals surface area contributed by atoms with Crippen LogP contribution in [0.2, 0.25) is 0 Å². The first-order chi connectivity index (χ1) is 12.4. The number of nitrogens with zero attached hydrogens (tertiary/aromatic N) is 2. The van der Waals surface area contributed by atoms with Crippen molar-refractivity contribution < 1.29 is 18.4 Å². The second-order valence-electron chi connectivity index (χ2n) is 5.64. The third-order valence-electron chi connectivity index (χ3n) is 3.67. The van der Waals surface area contributed by atoms with E-state index in [2.05, 4.69) is 10.3 Å². The van der Waals surface area contributed by atoms with Gasteiger partial charge in [-0.1, -0.05) is 17.8 Å². The lowest BCUT2D eigenvalue weighted by Gasteiger charge is -2.09. The molecule has 2 aromatic rings. The number of halogens is 2. The van der Waals surface area contributed by atoms with Crippen LogP contribution in [0.1, 0.15) is 6.42 Å². The topological polar surface area (TPSA) is 61.8 Å². The van der Waals surface area contributed by atoms with Gasteiger partial charge < -0.3 is 5.32 Å². The van der Waals surface area contributed by atoms with Crippen molar-refractivity contribution >= 4 is 40.1 Å². The third kappa shape index (κ3) is 4.26. The molecule has 2 amide bonds. The lowest BCUT2D eigenvalue weighted by atomic mass is 10.2. The van der Waals surface area contributed by atoms with E-state index in [4.69, 9.17) is 0 Å². The highest BCUT2D eigenvalue weighted by Gasteiger charge is 2.37. The van der Waals surface area contributed by atoms with E-state index in [0.717, 1.165) is 11.8 Å². The Hall–Kier alpha value is -2.74. The second kappa shape index (κ2) is 7.65. The molecular weight excluding hydrogens is 360 g/mol. The second-order valence-corrected chi connectivity index (χ2v) is 6.81. The molecule has 134 valence electrons. The summed E-state index contributed by atoms with van der Waals surface area (Å²) in [6.45, 7) is 0. The number of hydrogen-bond acceptors (Lipinski definition) is 4. The first kappa shape index (κ1) is 18.1. The van der Waals surface area contributed by atoms with Crippen LogP contribution in [0.4, 0.5) is 20.2 Å². The van der Waals surface area contributed by atoms with E-state index in [1.54, 1.807) is 13.1 Å². The Balaban J connectivity index is 1.66. The van der Waals surface area contributed by atoms with Gasteiger partial charge in [-0.15, -0.1) is 0 Å². The van der Waals surface area contributed by atoms with E-state index in [1.807, 2.05) is 0 Å². The molecule has 0 saturated carbocycles. The number of benzene rings is 2. The predicted octanol–water partition coefficient (Wildman–Crippen LogP) is 3.55. The molecule has 1 fully saturated rings. The Morgan fingerprint density at radius 1 is 1.19 bits per heavy atom. The Bertz CT molecular complexity index is 871. The van der Waals surface area contributed by atoms with E-state index in [1.165, 1.54) is 47.4 Å². The number of thioether (sulfide) groups is 1. The van der Waals surface area contributed by atoms with Crippen LogP contribution in [-0.2, 0) is 9.59 Å². The summed E-state index contributed by atoms with van der Waals surface area (Å²) < 4.78 is 26.2. The van der Waals surface area contributed by atoms with Crippen LogP contribution < -0.4 is 5.32 Å². The lowest BCUT2D eigenvalue weighted by Crippen LogP contribution is -2.30. The van der Waals surface area contributed by atoms with Gasteiger partial charge in [-0.3, -0.25) is 14.5 Å². The molecule has 1 aliphatic rings. The molecule has 2 aromatic carbocycles. The van der Waals surface area contributed by atoms with E-state index >= 15 is 0 Å². The number of amidine groups is 1. The summed E-state index contributed by atoms with van der Waals surface area (Å²) in [6.07, 6.45) is -0.0482. The summed E-state index contributed by atoms with van der Waals surface area (Å²) in [7, 11) is 1.56. The van der Waals surface area contributed by atoms with Crippen LogP contribution in [0.15, 0.2) is 53.5 Å². The van der Waals surface area contributed by atoms with E-state index < -0.39 is 16.9 Å². The molecule has 1 atom stereocenters. The van der Waals surface area contributed by atoms with Crippen molar-refractivity contribution in [1.82, 2.24) is 4.90 Å². The zero-order chi connectivity index (χ0) is 18.7. The molecule has 0 spiro atoms. The van der Waals surface area contributed by atoms with Gasteiger partial charge in [-0.25, -0.2) is 13.8 Å². The largest absolute Gasteiger partial charge is 0.326 e. The fourth-order valence-corrected chi connectivity index (χ4v) is 3.52. The fraction of sp³-hybridized carbons (Fsp3) is 0.167. The molecule has 0 bridgehead atoms. The summed E-state index contributed by atoms with van der Waals surface area (Å²) in [5.74, 6) is -1.43. The number of nitrogens with one attached hydrogen (secondary N) is 1. The number of rotatable bonds is 4. The minimum atomic E-state index is -0.618. The molecule has 26 heavy (non-hydrogen) atoms. The van der Waals surface area contributed by atoms with E-state index in [9.17, 15) is 18.4 Å². The maximum absolute atomic E-state index is 13.3. The number of carbonyl (C=O) groups excluding carboxylic acids is 2. The molecular formula is C18H15F2N3O2S. The molecule has 1 unspecified atom stereocenters. The van der Waals surface area contributed by atoms with Crippen LogP contribution in [0.25, 0.3) is 0 Å². The quantitative estimate of drug-likeness (QED) is 0.889. The first-order valence-electron chi connectivity index (χ1n) is 7.76. The van der Waals surface area contributed by atoms with Crippen molar-refractivity contribution in [1.29, 1.82) is 0 Å². The van der Waals surface area contributed by atoms with Crippen molar-refractivity contribution in [3.8, 4) is 0 Å². The van der Waals surface area contributed by atoms with Crippen LogP contribution >= 0.6 is 11.8 Å². The third-order valence-corrected chi connectivity index (χ3v) is 4.90. The summed E-state index contributed by atoms with van der Waals surface area (Å²) in [6, 6.07) is 11.1. The molecule has 1 N–H and O–H groups in total.